The second-order valence-electron chi connectivity index (χ2n) is 7.14. The molecule has 140 valence electrons. The highest BCUT2D eigenvalue weighted by Gasteiger charge is 2.30. The first kappa shape index (κ1) is 18.5. The van der Waals surface area contributed by atoms with Crippen molar-refractivity contribution in [2.75, 3.05) is 6.54 Å². The van der Waals surface area contributed by atoms with E-state index in [0.29, 0.717) is 6.54 Å². The summed E-state index contributed by atoms with van der Waals surface area (Å²) in [7, 11) is 1.99. The zero-order valence-corrected chi connectivity index (χ0v) is 16.3. The van der Waals surface area contributed by atoms with Crippen LogP contribution >= 0.6 is 0 Å². The molecular formula is C19H28N6O. The average Bonchev–Trinajstić information content (AvgIpc) is 3.14. The maximum absolute atomic E-state index is 11.3. The monoisotopic (exact) mass is 356 g/mol. The highest BCUT2D eigenvalue weighted by molar-refractivity contribution is 5.72. The van der Waals surface area contributed by atoms with E-state index in [2.05, 4.69) is 34.1 Å². The first-order valence-corrected chi connectivity index (χ1v) is 9.16. The zero-order valence-electron chi connectivity index (χ0n) is 16.3. The van der Waals surface area contributed by atoms with Gasteiger partial charge in [0, 0.05) is 50.1 Å². The Labute approximate surface area is 154 Å². The maximum atomic E-state index is 11.3. The lowest BCUT2D eigenvalue weighted by atomic mass is 10.0. The molecule has 26 heavy (non-hydrogen) atoms. The number of likely N-dealkylation sites (tertiary alicyclic amines) is 1. The van der Waals surface area contributed by atoms with Crippen LogP contribution < -0.4 is 5.32 Å². The molecule has 2 aromatic heterocycles. The van der Waals surface area contributed by atoms with E-state index in [1.54, 1.807) is 0 Å². The van der Waals surface area contributed by atoms with E-state index in [9.17, 15) is 4.79 Å². The van der Waals surface area contributed by atoms with Gasteiger partial charge in [-0.05, 0) is 40.2 Å². The van der Waals surface area contributed by atoms with Crippen LogP contribution in [-0.2, 0) is 24.9 Å². The average molecular weight is 356 g/mol. The van der Waals surface area contributed by atoms with E-state index in [1.165, 1.54) is 18.2 Å². The normalized spacial score (nSPS) is 17.7. The van der Waals surface area contributed by atoms with E-state index < -0.39 is 0 Å². The molecule has 0 saturated carbocycles. The Balaban J connectivity index is 1.88. The molecule has 0 spiro atoms. The van der Waals surface area contributed by atoms with Crippen LogP contribution in [0.25, 0.3) is 0 Å². The van der Waals surface area contributed by atoms with Gasteiger partial charge in [0.05, 0.1) is 17.4 Å². The van der Waals surface area contributed by atoms with Gasteiger partial charge in [-0.1, -0.05) is 0 Å². The Morgan fingerprint density at radius 1 is 1.35 bits per heavy atom. The number of nitrogens with zero attached hydrogens (tertiary/aromatic N) is 5. The van der Waals surface area contributed by atoms with Gasteiger partial charge in [-0.25, -0.2) is 9.97 Å². The molecule has 3 rings (SSSR count). The van der Waals surface area contributed by atoms with Crippen molar-refractivity contribution in [2.45, 2.75) is 59.7 Å². The number of carbonyl (C=O) groups excluding carboxylic acids is 1. The lowest BCUT2D eigenvalue weighted by Gasteiger charge is -2.26. The maximum Gasteiger partial charge on any atom is 0.217 e. The van der Waals surface area contributed by atoms with Crippen molar-refractivity contribution in [1.82, 2.24) is 30.0 Å². The molecule has 1 aliphatic rings. The van der Waals surface area contributed by atoms with E-state index in [1.807, 2.05) is 24.9 Å². The SMILES string of the molecule is CC(=O)NCc1cnc(C)nc1[C@H]1CCCN1Cc1c(C)nn(C)c1C. The van der Waals surface area contributed by atoms with Crippen LogP contribution in [0, 0.1) is 20.8 Å². The highest BCUT2D eigenvalue weighted by atomic mass is 16.1. The summed E-state index contributed by atoms with van der Waals surface area (Å²) in [6.45, 7) is 10.0. The van der Waals surface area contributed by atoms with E-state index in [-0.39, 0.29) is 11.9 Å². The van der Waals surface area contributed by atoms with Crippen LogP contribution in [0.4, 0.5) is 0 Å². The van der Waals surface area contributed by atoms with E-state index in [4.69, 9.17) is 4.98 Å². The Bertz CT molecular complexity index is 813. The number of hydrogen-bond donors (Lipinski definition) is 1. The number of rotatable bonds is 5. The molecule has 7 heteroatoms. The van der Waals surface area contributed by atoms with E-state index >= 15 is 0 Å². The van der Waals surface area contributed by atoms with Crippen LogP contribution in [0.3, 0.4) is 0 Å². The summed E-state index contributed by atoms with van der Waals surface area (Å²) in [5.74, 6) is 0.730. The van der Waals surface area contributed by atoms with Crippen molar-refractivity contribution < 1.29 is 4.79 Å². The first-order valence-electron chi connectivity index (χ1n) is 9.16. The fourth-order valence-electron chi connectivity index (χ4n) is 3.73. The molecule has 0 radical (unpaired) electrons. The summed E-state index contributed by atoms with van der Waals surface area (Å²) in [4.78, 5) is 22.9. The molecule has 1 N–H and O–H groups in total. The largest absolute Gasteiger partial charge is 0.352 e. The standard InChI is InChI=1S/C19H28N6O/c1-12-17(13(2)24(5)23-12)11-25-8-6-7-18(25)19-16(10-21-15(4)26)9-20-14(3)22-19/h9,18H,6-8,10-11H2,1-5H3,(H,21,26)/t18-/m1/s1. The van der Waals surface area contributed by atoms with Crippen LogP contribution in [0.2, 0.25) is 0 Å². The minimum atomic E-state index is -0.0404. The second-order valence-corrected chi connectivity index (χ2v) is 7.14. The minimum absolute atomic E-state index is 0.0404. The van der Waals surface area contributed by atoms with Crippen LogP contribution in [0.5, 0.6) is 0 Å². The van der Waals surface area contributed by atoms with Gasteiger partial charge in [0.1, 0.15) is 5.82 Å². The highest BCUT2D eigenvalue weighted by Crippen LogP contribution is 2.34. The molecule has 1 atom stereocenters. The molecule has 1 fully saturated rings. The minimum Gasteiger partial charge on any atom is -0.352 e. The summed E-state index contributed by atoms with van der Waals surface area (Å²) in [6, 6.07) is 0.250. The lowest BCUT2D eigenvalue weighted by molar-refractivity contribution is -0.119. The molecule has 0 aromatic carbocycles. The van der Waals surface area contributed by atoms with Crippen molar-refractivity contribution in [3.8, 4) is 0 Å². The Kier molecular flexibility index (Phi) is 5.36. The third-order valence-electron chi connectivity index (χ3n) is 5.25. The lowest BCUT2D eigenvalue weighted by Crippen LogP contribution is -2.27. The van der Waals surface area contributed by atoms with E-state index in [0.717, 1.165) is 48.7 Å². The Morgan fingerprint density at radius 3 is 2.77 bits per heavy atom. The van der Waals surface area contributed by atoms with Crippen molar-refractivity contribution in [1.29, 1.82) is 0 Å². The molecule has 0 aliphatic carbocycles. The number of hydrogen-bond acceptors (Lipinski definition) is 5. The van der Waals surface area contributed by atoms with Crippen molar-refractivity contribution >= 4 is 5.91 Å². The smallest absolute Gasteiger partial charge is 0.217 e. The molecule has 3 heterocycles. The van der Waals surface area contributed by atoms with Gasteiger partial charge >= 0.3 is 0 Å². The Hall–Kier alpha value is -2.28. The topological polar surface area (TPSA) is 75.9 Å². The summed E-state index contributed by atoms with van der Waals surface area (Å²) in [5, 5.41) is 7.43. The van der Waals surface area contributed by atoms with Crippen LogP contribution in [-0.4, -0.2) is 37.1 Å². The summed E-state index contributed by atoms with van der Waals surface area (Å²) in [5.41, 5.74) is 5.65. The van der Waals surface area contributed by atoms with Gasteiger partial charge in [-0.15, -0.1) is 0 Å². The number of amides is 1. The van der Waals surface area contributed by atoms with Crippen molar-refractivity contribution in [3.05, 3.63) is 40.2 Å². The van der Waals surface area contributed by atoms with Gasteiger partial charge in [0.2, 0.25) is 5.91 Å². The number of aromatic nitrogens is 4. The van der Waals surface area contributed by atoms with Crippen molar-refractivity contribution in [3.63, 3.8) is 0 Å². The Morgan fingerprint density at radius 2 is 2.12 bits per heavy atom. The van der Waals surface area contributed by atoms with Gasteiger partial charge in [-0.3, -0.25) is 14.4 Å². The summed E-state index contributed by atoms with van der Waals surface area (Å²) < 4.78 is 1.95. The number of aryl methyl sites for hydroxylation is 3. The predicted molar refractivity (Wildman–Crippen MR) is 99.4 cm³/mol. The molecule has 7 nitrogen and oxygen atoms in total. The number of nitrogens with one attached hydrogen (secondary N) is 1. The molecule has 1 saturated heterocycles. The molecule has 2 aromatic rings. The quantitative estimate of drug-likeness (QED) is 0.888. The summed E-state index contributed by atoms with van der Waals surface area (Å²) in [6.07, 6.45) is 4.07. The molecule has 0 bridgehead atoms. The van der Waals surface area contributed by atoms with Crippen LogP contribution in [0.15, 0.2) is 6.20 Å². The summed E-state index contributed by atoms with van der Waals surface area (Å²) >= 11 is 0. The molecule has 1 amide bonds. The van der Waals surface area contributed by atoms with Crippen molar-refractivity contribution in [2.24, 2.45) is 7.05 Å². The fraction of sp³-hybridized carbons (Fsp3) is 0.579. The third-order valence-corrected chi connectivity index (χ3v) is 5.25. The van der Waals surface area contributed by atoms with Gasteiger partial charge in [0.15, 0.2) is 0 Å². The molecule has 1 aliphatic heterocycles. The van der Waals surface area contributed by atoms with Gasteiger partial charge in [0.25, 0.3) is 0 Å². The zero-order chi connectivity index (χ0) is 18.8. The molecule has 0 unspecified atom stereocenters. The van der Waals surface area contributed by atoms with Gasteiger partial charge in [-0.2, -0.15) is 5.10 Å². The van der Waals surface area contributed by atoms with Gasteiger partial charge < -0.3 is 5.32 Å². The fourth-order valence-corrected chi connectivity index (χ4v) is 3.73. The predicted octanol–water partition coefficient (Wildman–Crippen LogP) is 2.11. The first-order chi connectivity index (χ1) is 12.4. The second kappa shape index (κ2) is 7.53. The van der Waals surface area contributed by atoms with Crippen LogP contribution in [0.1, 0.15) is 59.8 Å². The third kappa shape index (κ3) is 3.77. The molecular weight excluding hydrogens is 328 g/mol. The number of carbonyl (C=O) groups is 1.